The minimum absolute atomic E-state index is 0.0145. The van der Waals surface area contributed by atoms with E-state index in [1.54, 1.807) is 6.92 Å². The van der Waals surface area contributed by atoms with E-state index in [-0.39, 0.29) is 36.3 Å². The fraction of sp³-hybridized carbons (Fsp3) is 0.765. The van der Waals surface area contributed by atoms with Crippen molar-refractivity contribution >= 4 is 21.7 Å². The predicted molar refractivity (Wildman–Crippen MR) is 177 cm³/mol. The Morgan fingerprint density at radius 1 is 0.977 bits per heavy atom. The van der Waals surface area contributed by atoms with Crippen LogP contribution < -0.4 is 10.6 Å². The Bertz CT molecular complexity index is 1070. The number of hydrogen-bond acceptors (Lipinski definition) is 7. The van der Waals surface area contributed by atoms with Crippen molar-refractivity contribution in [3.8, 4) is 0 Å². The van der Waals surface area contributed by atoms with Crippen LogP contribution in [0.15, 0.2) is 30.3 Å². The topological polar surface area (TPSA) is 136 Å². The Kier molecular flexibility index (Phi) is 16.9. The summed E-state index contributed by atoms with van der Waals surface area (Å²) in [6.07, 6.45) is 4.85. The molecule has 4 N–H and O–H groups in total. The van der Waals surface area contributed by atoms with Crippen LogP contribution in [0.4, 0.5) is 0 Å². The summed E-state index contributed by atoms with van der Waals surface area (Å²) in [5.41, 5.74) is 0.872. The molecule has 1 aromatic rings. The summed E-state index contributed by atoms with van der Waals surface area (Å²) in [7, 11) is -3.51. The van der Waals surface area contributed by atoms with Crippen molar-refractivity contribution in [1.29, 1.82) is 0 Å². The third-order valence-corrected chi connectivity index (χ3v) is 10.7. The third-order valence-electron chi connectivity index (χ3n) is 8.95. The second-order valence-corrected chi connectivity index (χ2v) is 15.4. The van der Waals surface area contributed by atoms with Crippen LogP contribution >= 0.6 is 0 Å². The number of sulfone groups is 1. The predicted octanol–water partition coefficient (Wildman–Crippen LogP) is 3.58. The fourth-order valence-corrected chi connectivity index (χ4v) is 7.68. The van der Waals surface area contributed by atoms with E-state index in [1.807, 2.05) is 62.9 Å². The van der Waals surface area contributed by atoms with Crippen LogP contribution in [0, 0.1) is 23.7 Å². The first-order valence-electron chi connectivity index (χ1n) is 16.8. The van der Waals surface area contributed by atoms with Gasteiger partial charge < -0.3 is 25.7 Å². The molecule has 0 spiro atoms. The summed E-state index contributed by atoms with van der Waals surface area (Å²) in [5.74, 6) is -1.81. The van der Waals surface area contributed by atoms with Crippen molar-refractivity contribution in [2.45, 2.75) is 104 Å². The van der Waals surface area contributed by atoms with Gasteiger partial charge in [0, 0.05) is 13.1 Å². The zero-order valence-corrected chi connectivity index (χ0v) is 28.5. The molecule has 10 heteroatoms. The lowest BCUT2D eigenvalue weighted by Gasteiger charge is -2.33. The molecular weight excluding hydrogens is 578 g/mol. The van der Waals surface area contributed by atoms with Crippen LogP contribution in [0.5, 0.6) is 0 Å². The zero-order chi connectivity index (χ0) is 32.7. The Morgan fingerprint density at radius 3 is 2.20 bits per heavy atom. The molecule has 0 unspecified atom stereocenters. The number of aliphatic hydroxyl groups is 2. The average Bonchev–Trinajstić information content (AvgIpc) is 2.99. The van der Waals surface area contributed by atoms with Crippen LogP contribution in [0.25, 0.3) is 0 Å². The Balaban J connectivity index is 2.07. The normalized spacial score (nSPS) is 18.0. The van der Waals surface area contributed by atoms with Gasteiger partial charge in [0.25, 0.3) is 0 Å². The first kappa shape index (κ1) is 38.2. The second-order valence-electron chi connectivity index (χ2n) is 13.2. The van der Waals surface area contributed by atoms with E-state index < -0.39 is 45.8 Å². The largest absolute Gasteiger partial charge is 0.390 e. The highest BCUT2D eigenvalue weighted by atomic mass is 32.2. The SMILES string of the molecule is CCN(CC)CCS(=O)(=O)C[C@@H](Cc1ccccc1)C(=O)NC[C@@H](C)C(=O)N[C@@H](CC1CCCCC1)[C@@H](O)[C@@H](O)CC(C)C. The molecule has 0 aliphatic heterocycles. The summed E-state index contributed by atoms with van der Waals surface area (Å²) >= 11 is 0. The maximum Gasteiger partial charge on any atom is 0.224 e. The van der Waals surface area contributed by atoms with Crippen molar-refractivity contribution in [3.63, 3.8) is 0 Å². The Hall–Kier alpha value is -2.01. The number of rotatable bonds is 20. The molecule has 0 aromatic heterocycles. The first-order chi connectivity index (χ1) is 20.8. The van der Waals surface area contributed by atoms with Gasteiger partial charge in [-0.25, -0.2) is 8.42 Å². The smallest absolute Gasteiger partial charge is 0.224 e. The number of nitrogens with zero attached hydrogens (tertiary/aromatic N) is 1. The molecule has 2 amide bonds. The molecule has 0 radical (unpaired) electrons. The van der Waals surface area contributed by atoms with Gasteiger partial charge in [0.2, 0.25) is 11.8 Å². The van der Waals surface area contributed by atoms with Gasteiger partial charge in [0.1, 0.15) is 6.10 Å². The standard InChI is InChI=1S/C34H59N3O6S/c1-6-37(7-2)18-19-44(42,43)24-29(21-27-14-10-8-11-15-27)34(41)35-23-26(5)33(40)36-30(22-28-16-12-9-13-17-28)32(39)31(38)20-25(3)4/h8,10-11,14-15,25-26,28-32,38-39H,6-7,9,12-13,16-24H2,1-5H3,(H,35,41)(H,36,40)/t26-,29-,30+,31+,32-/m1/s1. The molecule has 252 valence electrons. The van der Waals surface area contributed by atoms with Crippen molar-refractivity contribution in [1.82, 2.24) is 15.5 Å². The van der Waals surface area contributed by atoms with Gasteiger partial charge in [-0.15, -0.1) is 0 Å². The van der Waals surface area contributed by atoms with Gasteiger partial charge in [0.05, 0.1) is 35.5 Å². The van der Waals surface area contributed by atoms with Crippen LogP contribution in [0.3, 0.4) is 0 Å². The average molecular weight is 638 g/mol. The highest BCUT2D eigenvalue weighted by molar-refractivity contribution is 7.91. The van der Waals surface area contributed by atoms with E-state index in [9.17, 15) is 28.2 Å². The number of nitrogens with one attached hydrogen (secondary N) is 2. The first-order valence-corrected chi connectivity index (χ1v) is 18.6. The van der Waals surface area contributed by atoms with Crippen molar-refractivity contribution in [2.24, 2.45) is 23.7 Å². The monoisotopic (exact) mass is 637 g/mol. The number of amides is 2. The molecule has 44 heavy (non-hydrogen) atoms. The lowest BCUT2D eigenvalue weighted by atomic mass is 9.82. The van der Waals surface area contributed by atoms with Crippen molar-refractivity contribution in [2.75, 3.05) is 37.7 Å². The second kappa shape index (κ2) is 19.5. The lowest BCUT2D eigenvalue weighted by Crippen LogP contribution is -2.52. The van der Waals surface area contributed by atoms with Gasteiger partial charge in [0.15, 0.2) is 9.84 Å². The molecule has 0 heterocycles. The Morgan fingerprint density at radius 2 is 1.61 bits per heavy atom. The van der Waals surface area contributed by atoms with Gasteiger partial charge in [-0.05, 0) is 49.8 Å². The summed E-state index contributed by atoms with van der Waals surface area (Å²) in [4.78, 5) is 28.7. The van der Waals surface area contributed by atoms with E-state index in [2.05, 4.69) is 10.6 Å². The van der Waals surface area contributed by atoms with Gasteiger partial charge in [-0.3, -0.25) is 9.59 Å². The minimum atomic E-state index is -3.51. The summed E-state index contributed by atoms with van der Waals surface area (Å²) in [5, 5.41) is 27.5. The number of carbonyl (C=O) groups excluding carboxylic acids is 2. The van der Waals surface area contributed by atoms with E-state index in [0.717, 1.165) is 44.3 Å². The Labute approximate surface area is 266 Å². The fourth-order valence-electron chi connectivity index (χ4n) is 6.10. The van der Waals surface area contributed by atoms with Crippen LogP contribution in [-0.4, -0.2) is 91.3 Å². The molecule has 1 aliphatic rings. The zero-order valence-electron chi connectivity index (χ0n) is 27.7. The quantitative estimate of drug-likeness (QED) is 0.172. The molecule has 1 aromatic carbocycles. The van der Waals surface area contributed by atoms with Crippen molar-refractivity contribution in [3.05, 3.63) is 35.9 Å². The molecule has 1 fully saturated rings. The van der Waals surface area contributed by atoms with Crippen LogP contribution in [-0.2, 0) is 25.8 Å². The number of benzene rings is 1. The van der Waals surface area contributed by atoms with E-state index in [1.165, 1.54) is 6.42 Å². The number of carbonyl (C=O) groups is 2. The highest BCUT2D eigenvalue weighted by Gasteiger charge is 2.32. The van der Waals surface area contributed by atoms with E-state index in [0.29, 0.717) is 25.3 Å². The maximum atomic E-state index is 13.4. The number of aliphatic hydroxyl groups excluding tert-OH is 2. The molecule has 9 nitrogen and oxygen atoms in total. The molecule has 0 saturated heterocycles. The molecule has 5 atom stereocenters. The summed E-state index contributed by atoms with van der Waals surface area (Å²) in [6, 6.07) is 8.78. The van der Waals surface area contributed by atoms with Gasteiger partial charge in [-0.2, -0.15) is 0 Å². The third kappa shape index (κ3) is 14.0. The molecule has 1 aliphatic carbocycles. The summed E-state index contributed by atoms with van der Waals surface area (Å²) in [6.45, 7) is 11.6. The van der Waals surface area contributed by atoms with Crippen LogP contribution in [0.2, 0.25) is 0 Å². The van der Waals surface area contributed by atoms with Crippen LogP contribution in [0.1, 0.15) is 85.1 Å². The number of hydrogen-bond donors (Lipinski definition) is 4. The van der Waals surface area contributed by atoms with Gasteiger partial charge >= 0.3 is 0 Å². The van der Waals surface area contributed by atoms with Gasteiger partial charge in [-0.1, -0.05) is 97.1 Å². The minimum Gasteiger partial charge on any atom is -0.390 e. The molecule has 1 saturated carbocycles. The summed E-state index contributed by atoms with van der Waals surface area (Å²) < 4.78 is 26.1. The molecule has 2 rings (SSSR count). The maximum absolute atomic E-state index is 13.4. The molecule has 0 bridgehead atoms. The molecular formula is C34H59N3O6S. The van der Waals surface area contributed by atoms with E-state index in [4.69, 9.17) is 0 Å². The highest BCUT2D eigenvalue weighted by Crippen LogP contribution is 2.29. The van der Waals surface area contributed by atoms with Crippen molar-refractivity contribution < 1.29 is 28.2 Å². The van der Waals surface area contributed by atoms with E-state index >= 15 is 0 Å². The lowest BCUT2D eigenvalue weighted by molar-refractivity contribution is -0.128.